The van der Waals surface area contributed by atoms with Crippen LogP contribution in [0.25, 0.3) is 11.3 Å². The molecular weight excluding hydrogens is 382 g/mol. The lowest BCUT2D eigenvalue weighted by Crippen LogP contribution is -2.40. The molecular formula is C23H23N3O4. The molecule has 0 aliphatic carbocycles. The Balaban J connectivity index is 1.53. The first-order valence-electron chi connectivity index (χ1n) is 9.74. The van der Waals surface area contributed by atoms with Crippen molar-refractivity contribution in [1.29, 1.82) is 0 Å². The number of methoxy groups -OCH3 is 2. The number of hydrogen-bond donors (Lipinski definition) is 0. The van der Waals surface area contributed by atoms with Gasteiger partial charge in [0.25, 0.3) is 5.56 Å². The SMILES string of the molecule is COc1cc2c(cc1OC)CN(C(=O)Cn1nc(-c3ccccc3)ccc1=O)CC2. The Morgan fingerprint density at radius 2 is 1.70 bits per heavy atom. The van der Waals surface area contributed by atoms with Crippen molar-refractivity contribution in [1.82, 2.24) is 14.7 Å². The molecule has 0 bridgehead atoms. The van der Waals surface area contributed by atoms with E-state index >= 15 is 0 Å². The number of carbonyl (C=O) groups excluding carboxylic acids is 1. The van der Waals surface area contributed by atoms with E-state index in [4.69, 9.17) is 9.47 Å². The summed E-state index contributed by atoms with van der Waals surface area (Å²) in [5, 5.41) is 4.39. The molecule has 2 aromatic carbocycles. The quantitative estimate of drug-likeness (QED) is 0.652. The molecule has 0 saturated heterocycles. The first kappa shape index (κ1) is 19.7. The van der Waals surface area contributed by atoms with Gasteiger partial charge in [-0.3, -0.25) is 9.59 Å². The third-order valence-electron chi connectivity index (χ3n) is 5.29. The molecule has 0 radical (unpaired) electrons. The summed E-state index contributed by atoms with van der Waals surface area (Å²) in [5.74, 6) is 1.18. The average molecular weight is 405 g/mol. The third kappa shape index (κ3) is 3.91. The van der Waals surface area contributed by atoms with E-state index in [-0.39, 0.29) is 18.0 Å². The fraction of sp³-hybridized carbons (Fsp3) is 0.261. The molecule has 7 heteroatoms. The van der Waals surface area contributed by atoms with E-state index in [0.717, 1.165) is 16.7 Å². The molecule has 1 amide bonds. The van der Waals surface area contributed by atoms with Crippen molar-refractivity contribution >= 4 is 5.91 Å². The van der Waals surface area contributed by atoms with Crippen molar-refractivity contribution in [3.05, 3.63) is 76.1 Å². The summed E-state index contributed by atoms with van der Waals surface area (Å²) >= 11 is 0. The van der Waals surface area contributed by atoms with Crippen molar-refractivity contribution in [3.8, 4) is 22.8 Å². The molecule has 0 fully saturated rings. The zero-order valence-corrected chi connectivity index (χ0v) is 17.0. The molecule has 0 N–H and O–H groups in total. The Morgan fingerprint density at radius 1 is 1.00 bits per heavy atom. The van der Waals surface area contributed by atoms with Crippen LogP contribution in [0.5, 0.6) is 11.5 Å². The van der Waals surface area contributed by atoms with Crippen molar-refractivity contribution in [3.63, 3.8) is 0 Å². The fourth-order valence-corrected chi connectivity index (χ4v) is 3.65. The molecule has 0 spiro atoms. The molecule has 1 aliphatic rings. The van der Waals surface area contributed by atoms with Crippen molar-refractivity contribution in [2.45, 2.75) is 19.5 Å². The predicted octanol–water partition coefficient (Wildman–Crippen LogP) is 2.51. The van der Waals surface area contributed by atoms with Gasteiger partial charge in [0.2, 0.25) is 5.91 Å². The summed E-state index contributed by atoms with van der Waals surface area (Å²) in [7, 11) is 3.20. The lowest BCUT2D eigenvalue weighted by atomic mass is 9.98. The smallest absolute Gasteiger partial charge is 0.267 e. The maximum atomic E-state index is 12.9. The van der Waals surface area contributed by atoms with Crippen LogP contribution >= 0.6 is 0 Å². The van der Waals surface area contributed by atoms with Crippen LogP contribution in [0.1, 0.15) is 11.1 Å². The first-order valence-corrected chi connectivity index (χ1v) is 9.74. The minimum absolute atomic E-state index is 0.0951. The number of aromatic nitrogens is 2. The highest BCUT2D eigenvalue weighted by molar-refractivity contribution is 5.76. The highest BCUT2D eigenvalue weighted by Crippen LogP contribution is 2.33. The van der Waals surface area contributed by atoms with Crippen LogP contribution in [0.4, 0.5) is 0 Å². The Hall–Kier alpha value is -3.61. The summed E-state index contributed by atoms with van der Waals surface area (Å²) in [4.78, 5) is 26.9. The lowest BCUT2D eigenvalue weighted by molar-refractivity contribution is -0.133. The first-order chi connectivity index (χ1) is 14.6. The third-order valence-corrected chi connectivity index (χ3v) is 5.29. The van der Waals surface area contributed by atoms with Crippen molar-refractivity contribution < 1.29 is 14.3 Å². The largest absolute Gasteiger partial charge is 0.493 e. The number of benzene rings is 2. The number of rotatable bonds is 5. The van der Waals surface area contributed by atoms with Crippen LogP contribution in [0.15, 0.2) is 59.4 Å². The molecule has 3 aromatic rings. The van der Waals surface area contributed by atoms with Crippen LogP contribution in [0.2, 0.25) is 0 Å². The normalized spacial score (nSPS) is 12.9. The second-order valence-corrected chi connectivity index (χ2v) is 7.12. The monoisotopic (exact) mass is 405 g/mol. The van der Waals surface area contributed by atoms with Gasteiger partial charge >= 0.3 is 0 Å². The fourth-order valence-electron chi connectivity index (χ4n) is 3.65. The van der Waals surface area contributed by atoms with Gasteiger partial charge in [-0.25, -0.2) is 4.68 Å². The van der Waals surface area contributed by atoms with Crippen LogP contribution < -0.4 is 15.0 Å². The van der Waals surface area contributed by atoms with Crippen molar-refractivity contribution in [2.75, 3.05) is 20.8 Å². The van der Waals surface area contributed by atoms with E-state index in [9.17, 15) is 9.59 Å². The lowest BCUT2D eigenvalue weighted by Gasteiger charge is -2.29. The molecule has 0 unspecified atom stereocenters. The summed E-state index contributed by atoms with van der Waals surface area (Å²) < 4.78 is 12.0. The van der Waals surface area contributed by atoms with E-state index in [1.165, 1.54) is 10.7 Å². The number of ether oxygens (including phenoxy) is 2. The van der Waals surface area contributed by atoms with Gasteiger partial charge in [0, 0.05) is 24.7 Å². The highest BCUT2D eigenvalue weighted by Gasteiger charge is 2.23. The van der Waals surface area contributed by atoms with Crippen LogP contribution in [-0.4, -0.2) is 41.4 Å². The minimum Gasteiger partial charge on any atom is -0.493 e. The molecule has 154 valence electrons. The van der Waals surface area contributed by atoms with Crippen LogP contribution in [-0.2, 0) is 24.3 Å². The molecule has 30 heavy (non-hydrogen) atoms. The number of nitrogens with zero attached hydrogens (tertiary/aromatic N) is 3. The van der Waals surface area contributed by atoms with E-state index in [1.54, 1.807) is 25.2 Å². The van der Waals surface area contributed by atoms with Crippen LogP contribution in [0, 0.1) is 0 Å². The highest BCUT2D eigenvalue weighted by atomic mass is 16.5. The predicted molar refractivity (Wildman–Crippen MR) is 113 cm³/mol. The van der Waals surface area contributed by atoms with Crippen molar-refractivity contribution in [2.24, 2.45) is 0 Å². The molecule has 2 heterocycles. The average Bonchev–Trinajstić information content (AvgIpc) is 2.79. The van der Waals surface area contributed by atoms with E-state index in [0.29, 0.717) is 36.7 Å². The van der Waals surface area contributed by atoms with Crippen LogP contribution in [0.3, 0.4) is 0 Å². The summed E-state index contributed by atoms with van der Waals surface area (Å²) in [6, 6.07) is 16.6. The van der Waals surface area contributed by atoms with E-state index in [2.05, 4.69) is 5.10 Å². The maximum absolute atomic E-state index is 12.9. The number of hydrogen-bond acceptors (Lipinski definition) is 5. The zero-order chi connectivity index (χ0) is 21.1. The van der Waals surface area contributed by atoms with Gasteiger partial charge in [-0.1, -0.05) is 30.3 Å². The molecule has 0 saturated carbocycles. The van der Waals surface area contributed by atoms with Gasteiger partial charge in [-0.15, -0.1) is 0 Å². The minimum atomic E-state index is -0.299. The Labute approximate surface area is 174 Å². The Morgan fingerprint density at radius 3 is 2.40 bits per heavy atom. The van der Waals surface area contributed by atoms with Gasteiger partial charge in [0.1, 0.15) is 6.54 Å². The molecule has 1 aromatic heterocycles. The van der Waals surface area contributed by atoms with E-state index in [1.807, 2.05) is 42.5 Å². The standard InChI is InChI=1S/C23H23N3O4/c1-29-20-12-17-10-11-25(14-18(17)13-21(20)30-2)23(28)15-26-22(27)9-8-19(24-26)16-6-4-3-5-7-16/h3-9,12-13H,10-11,14-15H2,1-2H3. The number of fused-ring (bicyclic) bond motifs is 1. The van der Waals surface area contributed by atoms with Gasteiger partial charge in [-0.05, 0) is 35.7 Å². The van der Waals surface area contributed by atoms with Gasteiger partial charge in [0.05, 0.1) is 19.9 Å². The van der Waals surface area contributed by atoms with Gasteiger partial charge < -0.3 is 14.4 Å². The Kier molecular flexibility index (Phi) is 5.52. The second-order valence-electron chi connectivity index (χ2n) is 7.12. The maximum Gasteiger partial charge on any atom is 0.267 e. The summed E-state index contributed by atoms with van der Waals surface area (Å²) in [5.41, 5.74) is 3.41. The molecule has 0 atom stereocenters. The number of amides is 1. The second kappa shape index (κ2) is 8.41. The molecule has 1 aliphatic heterocycles. The summed E-state index contributed by atoms with van der Waals surface area (Å²) in [6.45, 7) is 0.943. The topological polar surface area (TPSA) is 73.7 Å². The number of carbonyl (C=O) groups is 1. The molecule has 4 rings (SSSR count). The van der Waals surface area contributed by atoms with E-state index < -0.39 is 0 Å². The summed E-state index contributed by atoms with van der Waals surface area (Å²) in [6.07, 6.45) is 0.716. The Bertz CT molecular complexity index is 1130. The van der Waals surface area contributed by atoms with Gasteiger partial charge in [0.15, 0.2) is 11.5 Å². The zero-order valence-electron chi connectivity index (χ0n) is 17.0. The van der Waals surface area contributed by atoms with Gasteiger partial charge in [-0.2, -0.15) is 5.10 Å². The molecule has 7 nitrogen and oxygen atoms in total.